The minimum absolute atomic E-state index is 0.103. The van der Waals surface area contributed by atoms with Crippen molar-refractivity contribution in [2.45, 2.75) is 13.0 Å². The van der Waals surface area contributed by atoms with Gasteiger partial charge in [-0.2, -0.15) is 0 Å². The van der Waals surface area contributed by atoms with Crippen LogP contribution in [0.2, 0.25) is 0 Å². The third kappa shape index (κ3) is 3.15. The van der Waals surface area contributed by atoms with Crippen LogP contribution < -0.4 is 4.74 Å². The first kappa shape index (κ1) is 14.1. The van der Waals surface area contributed by atoms with Crippen LogP contribution in [-0.4, -0.2) is 13.1 Å². The van der Waals surface area contributed by atoms with Gasteiger partial charge in [0.15, 0.2) is 0 Å². The van der Waals surface area contributed by atoms with Gasteiger partial charge in [-0.05, 0) is 24.6 Å². The Labute approximate surface area is 117 Å². The molecular formula is C16H15FO3. The highest BCUT2D eigenvalue weighted by molar-refractivity contribution is 5.90. The SMILES string of the molecule is COc1ccc(C(=O)OC(C)c2ccccc2)c(F)c1. The monoisotopic (exact) mass is 274 g/mol. The third-order valence-electron chi connectivity index (χ3n) is 2.95. The zero-order valence-corrected chi connectivity index (χ0v) is 11.3. The molecule has 104 valence electrons. The largest absolute Gasteiger partial charge is 0.497 e. The number of halogens is 1. The van der Waals surface area contributed by atoms with Crippen LogP contribution >= 0.6 is 0 Å². The van der Waals surface area contributed by atoms with E-state index in [4.69, 9.17) is 9.47 Å². The fourth-order valence-electron chi connectivity index (χ4n) is 1.80. The standard InChI is InChI=1S/C16H15FO3/c1-11(12-6-4-3-5-7-12)20-16(18)14-9-8-13(19-2)10-15(14)17/h3-11H,1-2H3. The van der Waals surface area contributed by atoms with Gasteiger partial charge in [0.05, 0.1) is 12.7 Å². The van der Waals surface area contributed by atoms with E-state index in [1.165, 1.54) is 19.2 Å². The van der Waals surface area contributed by atoms with Crippen LogP contribution in [0.3, 0.4) is 0 Å². The average molecular weight is 274 g/mol. The first-order chi connectivity index (χ1) is 9.61. The van der Waals surface area contributed by atoms with Gasteiger partial charge in [-0.15, -0.1) is 0 Å². The number of hydrogen-bond donors (Lipinski definition) is 0. The van der Waals surface area contributed by atoms with Gasteiger partial charge in [-0.1, -0.05) is 30.3 Å². The van der Waals surface area contributed by atoms with Gasteiger partial charge in [0, 0.05) is 6.07 Å². The predicted octanol–water partition coefficient (Wildman–Crippen LogP) is 3.75. The molecule has 3 nitrogen and oxygen atoms in total. The normalized spacial score (nSPS) is 11.8. The van der Waals surface area contributed by atoms with Crippen molar-refractivity contribution < 1.29 is 18.7 Å². The highest BCUT2D eigenvalue weighted by atomic mass is 19.1. The Morgan fingerprint density at radius 1 is 1.15 bits per heavy atom. The van der Waals surface area contributed by atoms with Gasteiger partial charge >= 0.3 is 5.97 Å². The molecule has 2 aromatic carbocycles. The Morgan fingerprint density at radius 3 is 2.45 bits per heavy atom. The Balaban J connectivity index is 2.12. The van der Waals surface area contributed by atoms with Crippen molar-refractivity contribution in [2.24, 2.45) is 0 Å². The number of carbonyl (C=O) groups is 1. The van der Waals surface area contributed by atoms with Crippen LogP contribution in [0.1, 0.15) is 28.9 Å². The van der Waals surface area contributed by atoms with E-state index in [0.29, 0.717) is 5.75 Å². The lowest BCUT2D eigenvalue weighted by Gasteiger charge is -2.14. The summed E-state index contributed by atoms with van der Waals surface area (Å²) < 4.78 is 23.9. The molecule has 0 amide bonds. The van der Waals surface area contributed by atoms with Crippen LogP contribution in [-0.2, 0) is 4.74 Å². The average Bonchev–Trinajstić information content (AvgIpc) is 2.47. The molecule has 2 rings (SSSR count). The molecule has 0 aliphatic carbocycles. The number of esters is 1. The van der Waals surface area contributed by atoms with Gasteiger partial charge < -0.3 is 9.47 Å². The number of rotatable bonds is 4. The highest BCUT2D eigenvalue weighted by Crippen LogP contribution is 2.21. The minimum Gasteiger partial charge on any atom is -0.497 e. The quantitative estimate of drug-likeness (QED) is 0.796. The zero-order chi connectivity index (χ0) is 14.5. The summed E-state index contributed by atoms with van der Waals surface area (Å²) in [5.74, 6) is -0.994. The predicted molar refractivity (Wildman–Crippen MR) is 73.2 cm³/mol. The van der Waals surface area contributed by atoms with Crippen LogP contribution in [0, 0.1) is 5.82 Å². The van der Waals surface area contributed by atoms with Crippen molar-refractivity contribution in [3.05, 3.63) is 65.5 Å². The Bertz CT molecular complexity index is 596. The summed E-state index contributed by atoms with van der Waals surface area (Å²) in [6.07, 6.45) is -0.440. The van der Waals surface area contributed by atoms with Crippen molar-refractivity contribution in [2.75, 3.05) is 7.11 Å². The van der Waals surface area contributed by atoms with E-state index in [-0.39, 0.29) is 5.56 Å². The van der Waals surface area contributed by atoms with Crippen molar-refractivity contribution in [1.82, 2.24) is 0 Å². The number of methoxy groups -OCH3 is 1. The summed E-state index contributed by atoms with van der Waals surface area (Å²) in [6, 6.07) is 13.3. The lowest BCUT2D eigenvalue weighted by molar-refractivity contribution is 0.0332. The molecule has 0 heterocycles. The van der Waals surface area contributed by atoms with E-state index >= 15 is 0 Å². The van der Waals surface area contributed by atoms with E-state index in [1.807, 2.05) is 30.3 Å². The molecule has 0 bridgehead atoms. The smallest absolute Gasteiger partial charge is 0.341 e. The summed E-state index contributed by atoms with van der Waals surface area (Å²) in [5.41, 5.74) is 0.753. The second kappa shape index (κ2) is 6.19. The lowest BCUT2D eigenvalue weighted by atomic mass is 10.1. The second-order valence-corrected chi connectivity index (χ2v) is 4.30. The van der Waals surface area contributed by atoms with Gasteiger partial charge in [0.25, 0.3) is 0 Å². The molecule has 2 aromatic rings. The third-order valence-corrected chi connectivity index (χ3v) is 2.95. The van der Waals surface area contributed by atoms with Crippen LogP contribution in [0.4, 0.5) is 4.39 Å². The molecule has 1 unspecified atom stereocenters. The molecule has 0 aromatic heterocycles. The minimum atomic E-state index is -0.693. The Kier molecular flexibility index (Phi) is 4.35. The molecule has 0 saturated carbocycles. The maximum absolute atomic E-state index is 13.8. The summed E-state index contributed by atoms with van der Waals surface area (Å²) in [5, 5.41) is 0. The molecule has 0 N–H and O–H groups in total. The van der Waals surface area contributed by atoms with Gasteiger partial charge in [-0.3, -0.25) is 0 Å². The van der Waals surface area contributed by atoms with Crippen LogP contribution in [0.15, 0.2) is 48.5 Å². The summed E-state index contributed by atoms with van der Waals surface area (Å²) in [4.78, 5) is 11.9. The van der Waals surface area contributed by atoms with E-state index < -0.39 is 17.9 Å². The topological polar surface area (TPSA) is 35.5 Å². The second-order valence-electron chi connectivity index (χ2n) is 4.30. The first-order valence-corrected chi connectivity index (χ1v) is 6.21. The molecule has 0 spiro atoms. The van der Waals surface area contributed by atoms with Crippen LogP contribution in [0.5, 0.6) is 5.75 Å². The van der Waals surface area contributed by atoms with E-state index in [0.717, 1.165) is 11.6 Å². The molecule has 20 heavy (non-hydrogen) atoms. The van der Waals surface area contributed by atoms with Crippen LogP contribution in [0.25, 0.3) is 0 Å². The molecule has 0 aliphatic rings. The van der Waals surface area contributed by atoms with E-state index in [2.05, 4.69) is 0 Å². The zero-order valence-electron chi connectivity index (χ0n) is 11.3. The van der Waals surface area contributed by atoms with E-state index in [9.17, 15) is 9.18 Å². The van der Waals surface area contributed by atoms with Gasteiger partial charge in [0.1, 0.15) is 17.7 Å². The number of carbonyl (C=O) groups excluding carboxylic acids is 1. The molecule has 1 atom stereocenters. The summed E-state index contributed by atoms with van der Waals surface area (Å²) >= 11 is 0. The Morgan fingerprint density at radius 2 is 1.85 bits per heavy atom. The number of ether oxygens (including phenoxy) is 2. The maximum atomic E-state index is 13.8. The number of hydrogen-bond acceptors (Lipinski definition) is 3. The molecule has 0 saturated heterocycles. The van der Waals surface area contributed by atoms with Crippen molar-refractivity contribution in [1.29, 1.82) is 0 Å². The molecule has 0 aliphatic heterocycles. The first-order valence-electron chi connectivity index (χ1n) is 6.21. The van der Waals surface area contributed by atoms with Gasteiger partial charge in [0.2, 0.25) is 0 Å². The lowest BCUT2D eigenvalue weighted by Crippen LogP contribution is -2.11. The maximum Gasteiger partial charge on any atom is 0.341 e. The fourth-order valence-corrected chi connectivity index (χ4v) is 1.80. The molecule has 4 heteroatoms. The van der Waals surface area contributed by atoms with Crippen molar-refractivity contribution in [3.8, 4) is 5.75 Å². The molecular weight excluding hydrogens is 259 g/mol. The van der Waals surface area contributed by atoms with Gasteiger partial charge in [-0.25, -0.2) is 9.18 Å². The summed E-state index contributed by atoms with van der Waals surface area (Å²) in [7, 11) is 1.43. The molecule has 0 fully saturated rings. The Hall–Kier alpha value is -2.36. The number of benzene rings is 2. The highest BCUT2D eigenvalue weighted by Gasteiger charge is 2.17. The van der Waals surface area contributed by atoms with E-state index in [1.54, 1.807) is 6.92 Å². The fraction of sp³-hybridized carbons (Fsp3) is 0.188. The van der Waals surface area contributed by atoms with Crippen molar-refractivity contribution >= 4 is 5.97 Å². The van der Waals surface area contributed by atoms with Crippen molar-refractivity contribution in [3.63, 3.8) is 0 Å². The summed E-state index contributed by atoms with van der Waals surface area (Å²) in [6.45, 7) is 1.74. The molecule has 0 radical (unpaired) electrons.